The fraction of sp³-hybridized carbons (Fsp3) is 0.300. The van der Waals surface area contributed by atoms with Gasteiger partial charge in [-0.05, 0) is 23.1 Å². The Bertz CT molecular complexity index is 775. The van der Waals surface area contributed by atoms with Crippen LogP contribution in [0.1, 0.15) is 12.0 Å². The summed E-state index contributed by atoms with van der Waals surface area (Å²) >= 11 is 0. The first-order chi connectivity index (χ1) is 13.2. The monoisotopic (exact) mass is 440 g/mol. The maximum absolute atomic E-state index is 12.1. The maximum atomic E-state index is 12.1. The lowest BCUT2D eigenvalue weighted by Gasteiger charge is -2.12. The molecule has 0 aromatic heterocycles. The van der Waals surface area contributed by atoms with E-state index in [9.17, 15) is 9.59 Å². The highest BCUT2D eigenvalue weighted by molar-refractivity contribution is 5.85. The summed E-state index contributed by atoms with van der Waals surface area (Å²) < 4.78 is 0. The van der Waals surface area contributed by atoms with Crippen LogP contribution in [-0.2, 0) is 21.0 Å². The number of carbonyl (C=O) groups excluding carboxylic acids is 2. The molecular formula is C20H26Cl2N4O3. The molecule has 1 aliphatic heterocycles. The Morgan fingerprint density at radius 1 is 1.03 bits per heavy atom. The summed E-state index contributed by atoms with van der Waals surface area (Å²) in [6.45, 7) is 0.879. The van der Waals surface area contributed by atoms with Crippen molar-refractivity contribution in [1.82, 2.24) is 16.1 Å². The number of rotatable bonds is 7. The van der Waals surface area contributed by atoms with Crippen molar-refractivity contribution >= 4 is 36.7 Å². The predicted molar refractivity (Wildman–Crippen MR) is 117 cm³/mol. The second-order valence-corrected chi connectivity index (χ2v) is 6.47. The summed E-state index contributed by atoms with van der Waals surface area (Å²) in [4.78, 5) is 28.5. The Balaban J connectivity index is 0.00000210. The predicted octanol–water partition coefficient (Wildman–Crippen LogP) is 1.55. The maximum Gasteiger partial charge on any atom is 0.341 e. The molecule has 0 saturated carbocycles. The molecule has 3 rings (SSSR count). The van der Waals surface area contributed by atoms with E-state index in [0.29, 0.717) is 19.5 Å². The Morgan fingerprint density at radius 2 is 1.69 bits per heavy atom. The van der Waals surface area contributed by atoms with Gasteiger partial charge >= 0.3 is 5.97 Å². The molecule has 29 heavy (non-hydrogen) atoms. The van der Waals surface area contributed by atoms with Gasteiger partial charge in [0.1, 0.15) is 6.04 Å². The van der Waals surface area contributed by atoms with Crippen molar-refractivity contribution < 1.29 is 14.4 Å². The molecule has 1 amide bonds. The van der Waals surface area contributed by atoms with Crippen LogP contribution in [0, 0.1) is 0 Å². The molecule has 2 aromatic rings. The van der Waals surface area contributed by atoms with Crippen LogP contribution in [0.3, 0.4) is 0 Å². The number of hydrogen-bond acceptors (Lipinski definition) is 6. The van der Waals surface area contributed by atoms with E-state index in [2.05, 4.69) is 28.2 Å². The largest absolute Gasteiger partial charge is 0.369 e. The number of nitrogens with two attached hydrogens (primary N) is 1. The highest BCUT2D eigenvalue weighted by Gasteiger charge is 2.31. The van der Waals surface area contributed by atoms with E-state index in [4.69, 9.17) is 10.6 Å². The minimum atomic E-state index is -0.443. The van der Waals surface area contributed by atoms with Crippen molar-refractivity contribution in [2.45, 2.75) is 25.0 Å². The third-order valence-corrected chi connectivity index (χ3v) is 4.48. The van der Waals surface area contributed by atoms with Crippen LogP contribution in [0.25, 0.3) is 11.1 Å². The van der Waals surface area contributed by atoms with Gasteiger partial charge in [0.25, 0.3) is 0 Å². The second-order valence-electron chi connectivity index (χ2n) is 6.47. The fourth-order valence-corrected chi connectivity index (χ4v) is 3.02. The number of hydroxylamine groups is 1. The van der Waals surface area contributed by atoms with Crippen LogP contribution in [0.2, 0.25) is 0 Å². The summed E-state index contributed by atoms with van der Waals surface area (Å²) in [5.41, 5.74) is 11.3. The van der Waals surface area contributed by atoms with Crippen LogP contribution in [-0.4, -0.2) is 37.0 Å². The zero-order valence-electron chi connectivity index (χ0n) is 15.8. The highest BCUT2D eigenvalue weighted by atomic mass is 35.5. The van der Waals surface area contributed by atoms with Gasteiger partial charge in [0, 0.05) is 12.6 Å². The molecule has 1 aliphatic rings. The van der Waals surface area contributed by atoms with Crippen molar-refractivity contribution in [1.29, 1.82) is 0 Å². The molecule has 7 nitrogen and oxygen atoms in total. The van der Waals surface area contributed by atoms with Gasteiger partial charge in [-0.3, -0.25) is 4.79 Å². The first-order valence-electron chi connectivity index (χ1n) is 8.96. The molecule has 0 bridgehead atoms. The van der Waals surface area contributed by atoms with Gasteiger partial charge in [-0.25, -0.2) is 4.79 Å². The van der Waals surface area contributed by atoms with Crippen LogP contribution in [0.15, 0.2) is 54.6 Å². The summed E-state index contributed by atoms with van der Waals surface area (Å²) in [6, 6.07) is 17.6. The van der Waals surface area contributed by atoms with Crippen molar-refractivity contribution in [2.75, 3.05) is 13.1 Å². The molecule has 1 saturated heterocycles. The highest BCUT2D eigenvalue weighted by Crippen LogP contribution is 2.19. The fourth-order valence-electron chi connectivity index (χ4n) is 3.02. The van der Waals surface area contributed by atoms with Gasteiger partial charge in [0.05, 0.1) is 13.1 Å². The first-order valence-corrected chi connectivity index (χ1v) is 8.96. The molecule has 5 N–H and O–H groups in total. The Labute approximate surface area is 182 Å². The van der Waals surface area contributed by atoms with E-state index < -0.39 is 6.04 Å². The van der Waals surface area contributed by atoms with E-state index in [-0.39, 0.29) is 49.3 Å². The van der Waals surface area contributed by atoms with Crippen LogP contribution in [0.5, 0.6) is 0 Å². The van der Waals surface area contributed by atoms with Crippen molar-refractivity contribution in [3.63, 3.8) is 0 Å². The van der Waals surface area contributed by atoms with Crippen molar-refractivity contribution in [3.8, 4) is 11.1 Å². The first kappa shape index (κ1) is 24.9. The molecule has 2 atom stereocenters. The Hall–Kier alpha value is -2.16. The van der Waals surface area contributed by atoms with E-state index >= 15 is 0 Å². The molecule has 2 aromatic carbocycles. The molecule has 158 valence electrons. The van der Waals surface area contributed by atoms with Gasteiger partial charge in [-0.2, -0.15) is 0 Å². The number of benzene rings is 2. The Morgan fingerprint density at radius 3 is 2.34 bits per heavy atom. The summed E-state index contributed by atoms with van der Waals surface area (Å²) in [6.07, 6.45) is 0.484. The quantitative estimate of drug-likeness (QED) is 0.486. The number of carbonyl (C=O) groups is 2. The molecule has 0 radical (unpaired) electrons. The van der Waals surface area contributed by atoms with Gasteiger partial charge in [0.2, 0.25) is 5.91 Å². The molecule has 9 heteroatoms. The molecule has 0 aliphatic carbocycles. The zero-order chi connectivity index (χ0) is 19.1. The van der Waals surface area contributed by atoms with E-state index in [1.165, 1.54) is 0 Å². The molecule has 1 fully saturated rings. The van der Waals surface area contributed by atoms with Crippen LogP contribution in [0.4, 0.5) is 0 Å². The minimum absolute atomic E-state index is 0. The summed E-state index contributed by atoms with van der Waals surface area (Å²) in [5.74, 6) is -0.617. The van der Waals surface area contributed by atoms with Gasteiger partial charge in [-0.15, -0.1) is 30.3 Å². The standard InChI is InChI=1S/C20H24N4O3.2ClH/c21-11-19(25)24-17-10-18(22-13-17)20(26)27-23-12-14-6-8-16(9-7-14)15-4-2-1-3-5-15;;/h1-9,17-18,22-23H,10-13,21H2,(H,24,25);2*1H/t17?,18-;;/m0../s1. The smallest absolute Gasteiger partial charge is 0.341 e. The molecular weight excluding hydrogens is 415 g/mol. The topological polar surface area (TPSA) is 105 Å². The van der Waals surface area contributed by atoms with Crippen LogP contribution >= 0.6 is 24.8 Å². The van der Waals surface area contributed by atoms with Crippen LogP contribution < -0.4 is 21.8 Å². The SMILES string of the molecule is Cl.Cl.NCC(=O)NC1CN[C@H](C(=O)ONCc2ccc(-c3ccccc3)cc2)C1. The number of amides is 1. The number of nitrogens with one attached hydrogen (secondary N) is 3. The van der Waals surface area contributed by atoms with Crippen molar-refractivity contribution in [2.24, 2.45) is 5.73 Å². The summed E-state index contributed by atoms with van der Waals surface area (Å²) in [5, 5.41) is 5.80. The molecule has 1 heterocycles. The zero-order valence-corrected chi connectivity index (χ0v) is 17.4. The number of hydrogen-bond donors (Lipinski definition) is 4. The lowest BCUT2D eigenvalue weighted by Crippen LogP contribution is -2.39. The lowest BCUT2D eigenvalue weighted by molar-refractivity contribution is -0.153. The van der Waals surface area contributed by atoms with E-state index in [0.717, 1.165) is 16.7 Å². The minimum Gasteiger partial charge on any atom is -0.369 e. The van der Waals surface area contributed by atoms with E-state index in [1.54, 1.807) is 0 Å². The number of halogens is 2. The third-order valence-electron chi connectivity index (χ3n) is 4.48. The summed E-state index contributed by atoms with van der Waals surface area (Å²) in [7, 11) is 0. The van der Waals surface area contributed by atoms with Crippen molar-refractivity contribution in [3.05, 3.63) is 60.2 Å². The van der Waals surface area contributed by atoms with Gasteiger partial charge in [0.15, 0.2) is 0 Å². The third kappa shape index (κ3) is 7.30. The molecule has 0 spiro atoms. The molecule has 1 unspecified atom stereocenters. The van der Waals surface area contributed by atoms with Gasteiger partial charge in [-0.1, -0.05) is 54.6 Å². The average molecular weight is 441 g/mol. The normalized spacial score (nSPS) is 17.6. The average Bonchev–Trinajstić information content (AvgIpc) is 3.17. The van der Waals surface area contributed by atoms with Gasteiger partial charge < -0.3 is 21.2 Å². The van der Waals surface area contributed by atoms with E-state index in [1.807, 2.05) is 42.5 Å². The second kappa shape index (κ2) is 12.4. The Kier molecular flexibility index (Phi) is 10.6. The lowest BCUT2D eigenvalue weighted by atomic mass is 10.0.